The van der Waals surface area contributed by atoms with Gasteiger partial charge in [0.1, 0.15) is 5.88 Å². The fourth-order valence-corrected chi connectivity index (χ4v) is 2.76. The zero-order valence-electron chi connectivity index (χ0n) is 8.64. The predicted molar refractivity (Wildman–Crippen MR) is 62.4 cm³/mol. The van der Waals surface area contributed by atoms with Gasteiger partial charge >= 0.3 is 6.03 Å². The van der Waals surface area contributed by atoms with E-state index in [1.165, 1.54) is 6.42 Å². The van der Waals surface area contributed by atoms with Crippen LogP contribution < -0.4 is 10.6 Å². The van der Waals surface area contributed by atoms with Crippen molar-refractivity contribution in [3.63, 3.8) is 0 Å². The predicted octanol–water partition coefficient (Wildman–Crippen LogP) is 1.34. The largest absolute Gasteiger partial charge is 0.336 e. The highest BCUT2D eigenvalue weighted by Gasteiger charge is 2.29. The van der Waals surface area contributed by atoms with Crippen molar-refractivity contribution >= 4 is 35.3 Å². The Morgan fingerprint density at radius 2 is 2.27 bits per heavy atom. The minimum atomic E-state index is -0.474. The average Bonchev–Trinajstić information content (AvgIpc) is 2.63. The summed E-state index contributed by atoms with van der Waals surface area (Å²) in [6.45, 7) is 2.70. The molecule has 6 heteroatoms. The number of hydrogen-bond donors (Lipinski definition) is 2. The average molecular weight is 251 g/mol. The maximum Gasteiger partial charge on any atom is 0.321 e. The van der Waals surface area contributed by atoms with Gasteiger partial charge in [0.15, 0.2) is 0 Å². The Morgan fingerprint density at radius 1 is 1.53 bits per heavy atom. The zero-order valence-corrected chi connectivity index (χ0v) is 10.2. The molecule has 0 bridgehead atoms. The van der Waals surface area contributed by atoms with Crippen LogP contribution in [0.1, 0.15) is 19.8 Å². The first-order valence-corrected chi connectivity index (χ1v) is 6.35. The molecular weight excluding hydrogens is 236 g/mol. The molecule has 2 N–H and O–H groups in total. The van der Waals surface area contributed by atoms with Gasteiger partial charge in [-0.3, -0.25) is 10.1 Å². The fourth-order valence-electron chi connectivity index (χ4n) is 1.45. The van der Waals surface area contributed by atoms with Gasteiger partial charge in [-0.05, 0) is 25.5 Å². The second-order valence-electron chi connectivity index (χ2n) is 3.77. The quantitative estimate of drug-likeness (QED) is 0.744. The van der Waals surface area contributed by atoms with Crippen molar-refractivity contribution in [3.05, 3.63) is 0 Å². The van der Waals surface area contributed by atoms with Gasteiger partial charge in [-0.2, -0.15) is 11.8 Å². The van der Waals surface area contributed by atoms with Gasteiger partial charge in [-0.1, -0.05) is 0 Å². The summed E-state index contributed by atoms with van der Waals surface area (Å²) in [4.78, 5) is 22.0. The third-order valence-corrected chi connectivity index (χ3v) is 4.08. The second-order valence-corrected chi connectivity index (χ2v) is 5.72. The number of alkyl halides is 1. The van der Waals surface area contributed by atoms with Gasteiger partial charge in [-0.15, -0.1) is 11.6 Å². The number of hydrogen-bond acceptors (Lipinski definition) is 3. The van der Waals surface area contributed by atoms with E-state index in [9.17, 15) is 9.59 Å². The number of thioether (sulfide) groups is 1. The lowest BCUT2D eigenvalue weighted by molar-refractivity contribution is -0.117. The van der Waals surface area contributed by atoms with E-state index in [-0.39, 0.29) is 10.6 Å². The van der Waals surface area contributed by atoms with E-state index < -0.39 is 11.9 Å². The lowest BCUT2D eigenvalue weighted by Crippen LogP contribution is -2.44. The molecule has 1 aliphatic rings. The topological polar surface area (TPSA) is 58.2 Å². The summed E-state index contributed by atoms with van der Waals surface area (Å²) in [5, 5.41) is 4.82. The number of amides is 3. The van der Waals surface area contributed by atoms with Crippen LogP contribution in [-0.2, 0) is 4.79 Å². The van der Waals surface area contributed by atoms with Crippen LogP contribution in [0.2, 0.25) is 0 Å². The molecule has 15 heavy (non-hydrogen) atoms. The molecule has 0 aromatic heterocycles. The highest BCUT2D eigenvalue weighted by molar-refractivity contribution is 8.00. The smallest absolute Gasteiger partial charge is 0.321 e. The van der Waals surface area contributed by atoms with Gasteiger partial charge in [0.2, 0.25) is 5.91 Å². The van der Waals surface area contributed by atoms with Crippen molar-refractivity contribution in [2.45, 2.75) is 24.5 Å². The van der Waals surface area contributed by atoms with Crippen LogP contribution in [0.15, 0.2) is 0 Å². The van der Waals surface area contributed by atoms with E-state index in [0.717, 1.165) is 12.2 Å². The van der Waals surface area contributed by atoms with E-state index in [1.54, 1.807) is 0 Å². The van der Waals surface area contributed by atoms with Crippen molar-refractivity contribution in [1.29, 1.82) is 0 Å². The molecule has 0 aromatic carbocycles. The van der Waals surface area contributed by atoms with Crippen LogP contribution in [-0.4, -0.2) is 34.9 Å². The molecule has 0 aliphatic carbocycles. The van der Waals surface area contributed by atoms with Gasteiger partial charge in [0.05, 0.1) is 0 Å². The number of halogens is 1. The normalized spacial score (nSPS) is 24.9. The number of imide groups is 1. The molecule has 1 fully saturated rings. The van der Waals surface area contributed by atoms with E-state index in [4.69, 9.17) is 11.6 Å². The molecule has 0 radical (unpaired) electrons. The Kier molecular flexibility index (Phi) is 4.73. The number of rotatable bonds is 3. The van der Waals surface area contributed by atoms with Crippen molar-refractivity contribution < 1.29 is 9.59 Å². The van der Waals surface area contributed by atoms with Crippen LogP contribution in [0, 0.1) is 0 Å². The second kappa shape index (κ2) is 5.61. The zero-order chi connectivity index (χ0) is 11.3. The van der Waals surface area contributed by atoms with Gasteiger partial charge in [-0.25, -0.2) is 4.79 Å². The summed E-state index contributed by atoms with van der Waals surface area (Å²) in [7, 11) is 0. The Morgan fingerprint density at radius 3 is 2.80 bits per heavy atom. The Balaban J connectivity index is 2.24. The molecule has 3 amide bonds. The van der Waals surface area contributed by atoms with E-state index in [2.05, 4.69) is 17.6 Å². The molecule has 1 aliphatic heterocycles. The first kappa shape index (κ1) is 12.6. The molecule has 1 rings (SSSR count). The van der Waals surface area contributed by atoms with Gasteiger partial charge in [0.25, 0.3) is 0 Å². The van der Waals surface area contributed by atoms with Crippen molar-refractivity contribution in [1.82, 2.24) is 10.6 Å². The monoisotopic (exact) mass is 250 g/mol. The Bertz CT molecular complexity index is 254. The van der Waals surface area contributed by atoms with Gasteiger partial charge in [0, 0.05) is 11.3 Å². The summed E-state index contributed by atoms with van der Waals surface area (Å²) < 4.78 is 0.112. The summed E-state index contributed by atoms with van der Waals surface area (Å²) in [6.07, 6.45) is 2.28. The Labute approximate surface area is 98.5 Å². The standard InChI is InChI=1S/C9H15ClN2O2S/c1-9(3-2-4-15-9)6-11-8(14)12-7(13)5-10/h2-6H2,1H3,(H2,11,12,13,14). The van der Waals surface area contributed by atoms with E-state index in [1.807, 2.05) is 11.8 Å². The van der Waals surface area contributed by atoms with Crippen molar-refractivity contribution in [2.75, 3.05) is 18.2 Å². The van der Waals surface area contributed by atoms with Crippen LogP contribution in [0.4, 0.5) is 4.79 Å². The SMILES string of the molecule is CC1(CNC(=O)NC(=O)CCl)CCCS1. The first-order valence-electron chi connectivity index (χ1n) is 4.83. The van der Waals surface area contributed by atoms with E-state index in [0.29, 0.717) is 6.54 Å². The lowest BCUT2D eigenvalue weighted by atomic mass is 10.1. The molecule has 4 nitrogen and oxygen atoms in total. The van der Waals surface area contributed by atoms with Crippen LogP contribution in [0.3, 0.4) is 0 Å². The summed E-state index contributed by atoms with van der Waals surface area (Å²) in [6, 6.07) is -0.464. The van der Waals surface area contributed by atoms with Crippen molar-refractivity contribution in [2.24, 2.45) is 0 Å². The first-order chi connectivity index (χ1) is 7.06. The molecule has 1 atom stereocenters. The molecule has 0 spiro atoms. The van der Waals surface area contributed by atoms with E-state index >= 15 is 0 Å². The highest BCUT2D eigenvalue weighted by atomic mass is 35.5. The molecule has 1 heterocycles. The van der Waals surface area contributed by atoms with Crippen LogP contribution in [0.25, 0.3) is 0 Å². The molecule has 0 saturated carbocycles. The summed E-state index contributed by atoms with van der Waals surface area (Å²) >= 11 is 7.11. The Hall–Kier alpha value is -0.420. The van der Waals surface area contributed by atoms with Crippen LogP contribution in [0.5, 0.6) is 0 Å². The third kappa shape index (κ3) is 4.30. The minimum absolute atomic E-state index is 0.112. The molecule has 0 aromatic rings. The van der Waals surface area contributed by atoms with Crippen LogP contribution >= 0.6 is 23.4 Å². The molecule has 1 unspecified atom stereocenters. The fraction of sp³-hybridized carbons (Fsp3) is 0.778. The lowest BCUT2D eigenvalue weighted by Gasteiger charge is -2.22. The maximum absolute atomic E-state index is 11.2. The molecule has 1 saturated heterocycles. The number of nitrogens with one attached hydrogen (secondary N) is 2. The number of carbonyl (C=O) groups is 2. The molecule has 86 valence electrons. The number of urea groups is 1. The summed E-state index contributed by atoms with van der Waals surface area (Å²) in [5.41, 5.74) is 0. The summed E-state index contributed by atoms with van der Waals surface area (Å²) in [5.74, 6) is 0.471. The highest BCUT2D eigenvalue weighted by Crippen LogP contribution is 2.36. The van der Waals surface area contributed by atoms with Gasteiger partial charge < -0.3 is 5.32 Å². The number of carbonyl (C=O) groups excluding carboxylic acids is 2. The molecular formula is C9H15ClN2O2S. The minimum Gasteiger partial charge on any atom is -0.336 e. The maximum atomic E-state index is 11.2. The third-order valence-electron chi connectivity index (χ3n) is 2.30. The van der Waals surface area contributed by atoms with Crippen molar-refractivity contribution in [3.8, 4) is 0 Å².